The molecule has 0 amide bonds. The molecule has 1 aromatic carbocycles. The number of morpholine rings is 1. The van der Waals surface area contributed by atoms with Crippen LogP contribution < -0.4 is 10.3 Å². The van der Waals surface area contributed by atoms with E-state index in [1.807, 2.05) is 6.20 Å². The van der Waals surface area contributed by atoms with Crippen molar-refractivity contribution in [1.82, 2.24) is 9.66 Å². The number of anilines is 1. The number of nitrogens with one attached hydrogen (secondary N) is 1. The Bertz CT molecular complexity index is 917. The van der Waals surface area contributed by atoms with Gasteiger partial charge in [-0.1, -0.05) is 30.4 Å². The van der Waals surface area contributed by atoms with Gasteiger partial charge < -0.3 is 9.64 Å². The van der Waals surface area contributed by atoms with Crippen LogP contribution in [0.5, 0.6) is 0 Å². The van der Waals surface area contributed by atoms with E-state index in [-0.39, 0.29) is 0 Å². The topological polar surface area (TPSA) is 54.7 Å². The van der Waals surface area contributed by atoms with Crippen molar-refractivity contribution in [3.8, 4) is 11.3 Å². The monoisotopic (exact) mass is 361 g/mol. The lowest BCUT2D eigenvalue weighted by molar-refractivity contribution is 0.122. The molecular weight excluding hydrogens is 338 g/mol. The molecule has 1 N–H and O–H groups in total. The Balaban J connectivity index is 1.31. The Hall–Kier alpha value is -2.86. The highest BCUT2D eigenvalue weighted by atomic mass is 16.5. The molecule has 27 heavy (non-hydrogen) atoms. The van der Waals surface area contributed by atoms with Crippen LogP contribution in [0.15, 0.2) is 59.3 Å². The SMILES string of the molecule is C1=CCC(CN=C2Cc3ncc(-c4ccc(N5CCOCC5)cc4)n3N2)=C1. The molecule has 3 aliphatic rings. The molecule has 1 saturated heterocycles. The Morgan fingerprint density at radius 2 is 2.00 bits per heavy atom. The number of benzene rings is 1. The molecule has 1 aliphatic carbocycles. The number of ether oxygens (including phenoxy) is 1. The Morgan fingerprint density at radius 1 is 1.15 bits per heavy atom. The maximum absolute atomic E-state index is 5.44. The van der Waals surface area contributed by atoms with E-state index in [1.165, 1.54) is 11.3 Å². The highest BCUT2D eigenvalue weighted by molar-refractivity contribution is 5.94. The zero-order chi connectivity index (χ0) is 18.1. The number of imidazole rings is 1. The van der Waals surface area contributed by atoms with Crippen LogP contribution in [-0.2, 0) is 11.2 Å². The van der Waals surface area contributed by atoms with E-state index in [9.17, 15) is 0 Å². The zero-order valence-electron chi connectivity index (χ0n) is 15.3. The first-order valence-electron chi connectivity index (χ1n) is 9.51. The first-order valence-corrected chi connectivity index (χ1v) is 9.51. The largest absolute Gasteiger partial charge is 0.378 e. The second-order valence-corrected chi connectivity index (χ2v) is 7.05. The molecular formula is C21H23N5O. The minimum absolute atomic E-state index is 0.754. The molecule has 1 aromatic heterocycles. The normalized spacial score (nSPS) is 20.1. The van der Waals surface area contributed by atoms with E-state index in [2.05, 4.69) is 62.5 Å². The molecule has 1 fully saturated rings. The maximum Gasteiger partial charge on any atom is 0.136 e. The predicted octanol–water partition coefficient (Wildman–Crippen LogP) is 2.77. The molecule has 2 aliphatic heterocycles. The van der Waals surface area contributed by atoms with Crippen LogP contribution in [0, 0.1) is 0 Å². The van der Waals surface area contributed by atoms with Crippen LogP contribution in [-0.4, -0.2) is 48.3 Å². The first kappa shape index (κ1) is 16.3. The molecule has 2 aromatic rings. The molecule has 0 spiro atoms. The first-order chi connectivity index (χ1) is 13.4. The zero-order valence-corrected chi connectivity index (χ0v) is 15.3. The summed E-state index contributed by atoms with van der Waals surface area (Å²) in [6, 6.07) is 8.70. The number of fused-ring (bicyclic) bond motifs is 1. The van der Waals surface area contributed by atoms with E-state index >= 15 is 0 Å². The van der Waals surface area contributed by atoms with Crippen LogP contribution in [0.25, 0.3) is 11.3 Å². The van der Waals surface area contributed by atoms with Gasteiger partial charge in [0.05, 0.1) is 38.1 Å². The number of nitrogens with zero attached hydrogens (tertiary/aromatic N) is 4. The molecule has 0 bridgehead atoms. The summed E-state index contributed by atoms with van der Waals surface area (Å²) in [6.45, 7) is 4.26. The van der Waals surface area contributed by atoms with Gasteiger partial charge in [-0.05, 0) is 24.1 Å². The third kappa shape index (κ3) is 3.28. The van der Waals surface area contributed by atoms with Crippen LogP contribution >= 0.6 is 0 Å². The van der Waals surface area contributed by atoms with Gasteiger partial charge in [0.2, 0.25) is 0 Å². The fourth-order valence-corrected chi connectivity index (χ4v) is 3.72. The van der Waals surface area contributed by atoms with Crippen LogP contribution in [0.4, 0.5) is 5.69 Å². The second-order valence-electron chi connectivity index (χ2n) is 7.05. The summed E-state index contributed by atoms with van der Waals surface area (Å²) in [4.78, 5) is 11.7. The lowest BCUT2D eigenvalue weighted by Crippen LogP contribution is -2.36. The van der Waals surface area contributed by atoms with Gasteiger partial charge in [0.25, 0.3) is 0 Å². The Kier molecular flexibility index (Phi) is 4.26. The molecule has 0 unspecified atom stereocenters. The number of hydrogen-bond donors (Lipinski definition) is 1. The third-order valence-electron chi connectivity index (χ3n) is 5.26. The Morgan fingerprint density at radius 3 is 2.78 bits per heavy atom. The summed E-state index contributed by atoms with van der Waals surface area (Å²) < 4.78 is 7.50. The number of allylic oxidation sites excluding steroid dienone is 3. The van der Waals surface area contributed by atoms with Crippen LogP contribution in [0.1, 0.15) is 12.2 Å². The highest BCUT2D eigenvalue weighted by Gasteiger charge is 2.21. The number of aliphatic imine (C=N–C) groups is 1. The lowest BCUT2D eigenvalue weighted by Gasteiger charge is -2.28. The fourth-order valence-electron chi connectivity index (χ4n) is 3.72. The summed E-state index contributed by atoms with van der Waals surface area (Å²) in [5, 5.41) is 0. The highest BCUT2D eigenvalue weighted by Crippen LogP contribution is 2.26. The van der Waals surface area contributed by atoms with Crippen molar-refractivity contribution >= 4 is 11.5 Å². The van der Waals surface area contributed by atoms with Crippen LogP contribution in [0.3, 0.4) is 0 Å². The van der Waals surface area contributed by atoms with E-state index < -0.39 is 0 Å². The van der Waals surface area contributed by atoms with Gasteiger partial charge in [0.15, 0.2) is 0 Å². The molecule has 0 atom stereocenters. The maximum atomic E-state index is 5.44. The number of rotatable bonds is 4. The molecule has 0 radical (unpaired) electrons. The van der Waals surface area contributed by atoms with E-state index in [1.54, 1.807) is 0 Å². The quantitative estimate of drug-likeness (QED) is 0.910. The number of hydrogen-bond acceptors (Lipinski definition) is 4. The number of aromatic nitrogens is 2. The molecule has 3 heterocycles. The molecule has 6 nitrogen and oxygen atoms in total. The van der Waals surface area contributed by atoms with Gasteiger partial charge in [0.1, 0.15) is 11.7 Å². The van der Waals surface area contributed by atoms with Crippen molar-refractivity contribution in [2.45, 2.75) is 12.8 Å². The summed E-state index contributed by atoms with van der Waals surface area (Å²) in [6.07, 6.45) is 10.1. The second kappa shape index (κ2) is 7.04. The van der Waals surface area contributed by atoms with Gasteiger partial charge in [-0.2, -0.15) is 0 Å². The van der Waals surface area contributed by atoms with Crippen molar-refractivity contribution in [3.63, 3.8) is 0 Å². The smallest absolute Gasteiger partial charge is 0.136 e. The fraction of sp³-hybridized carbons (Fsp3) is 0.333. The lowest BCUT2D eigenvalue weighted by atomic mass is 10.1. The summed E-state index contributed by atoms with van der Waals surface area (Å²) in [5.74, 6) is 2.00. The van der Waals surface area contributed by atoms with Crippen LogP contribution in [0.2, 0.25) is 0 Å². The average Bonchev–Trinajstić information content (AvgIpc) is 3.44. The minimum atomic E-state index is 0.754. The average molecular weight is 361 g/mol. The Labute approximate surface area is 158 Å². The van der Waals surface area contributed by atoms with Crippen molar-refractivity contribution < 1.29 is 4.74 Å². The molecule has 138 valence electrons. The van der Waals surface area contributed by atoms with E-state index in [4.69, 9.17) is 9.73 Å². The van der Waals surface area contributed by atoms with Crippen molar-refractivity contribution in [2.75, 3.05) is 43.2 Å². The van der Waals surface area contributed by atoms with Gasteiger partial charge in [0, 0.05) is 24.3 Å². The summed E-state index contributed by atoms with van der Waals surface area (Å²) in [7, 11) is 0. The number of amidine groups is 1. The van der Waals surface area contributed by atoms with Crippen molar-refractivity contribution in [1.29, 1.82) is 0 Å². The van der Waals surface area contributed by atoms with Crippen molar-refractivity contribution in [3.05, 3.63) is 60.1 Å². The van der Waals surface area contributed by atoms with Gasteiger partial charge in [-0.25, -0.2) is 9.66 Å². The summed E-state index contributed by atoms with van der Waals surface area (Å²) >= 11 is 0. The van der Waals surface area contributed by atoms with Gasteiger partial charge >= 0.3 is 0 Å². The standard InChI is InChI=1S/C21H23N5O/c1-2-4-16(3-1)14-22-20-13-21-23-15-19(26(21)24-20)17-5-7-18(8-6-17)25-9-11-27-12-10-25/h1-3,5-8,15H,4,9-14H2,(H,22,24). The molecule has 6 heteroatoms. The minimum Gasteiger partial charge on any atom is -0.378 e. The van der Waals surface area contributed by atoms with Gasteiger partial charge in [-0.3, -0.25) is 10.4 Å². The van der Waals surface area contributed by atoms with E-state index in [0.29, 0.717) is 0 Å². The van der Waals surface area contributed by atoms with Crippen molar-refractivity contribution in [2.24, 2.45) is 4.99 Å². The van der Waals surface area contributed by atoms with Gasteiger partial charge in [-0.15, -0.1) is 0 Å². The molecule has 0 saturated carbocycles. The summed E-state index contributed by atoms with van der Waals surface area (Å²) in [5.41, 5.74) is 8.24. The predicted molar refractivity (Wildman–Crippen MR) is 108 cm³/mol. The molecule has 5 rings (SSSR count). The third-order valence-corrected chi connectivity index (χ3v) is 5.26. The van der Waals surface area contributed by atoms with E-state index in [0.717, 1.165) is 68.6 Å².